The van der Waals surface area contributed by atoms with E-state index in [1.807, 2.05) is 24.3 Å². The van der Waals surface area contributed by atoms with Crippen LogP contribution in [0.15, 0.2) is 41.6 Å². The van der Waals surface area contributed by atoms with Gasteiger partial charge >= 0.3 is 0 Å². The number of ether oxygens (including phenoxy) is 3. The molecule has 0 saturated carbocycles. The molecule has 0 amide bonds. The van der Waals surface area contributed by atoms with Crippen molar-refractivity contribution in [3.63, 3.8) is 0 Å². The first-order valence-corrected chi connectivity index (χ1v) is 9.81. The maximum atomic E-state index is 8.86. The molecule has 0 bridgehead atoms. The van der Waals surface area contributed by atoms with Crippen LogP contribution >= 0.6 is 0 Å². The molecule has 0 aliphatic rings. The van der Waals surface area contributed by atoms with Crippen LogP contribution in [0.2, 0.25) is 0 Å². The molecule has 10 nitrogen and oxygen atoms in total. The topological polar surface area (TPSA) is 144 Å². The summed E-state index contributed by atoms with van der Waals surface area (Å²) in [6, 6.07) is 11.1. The predicted octanol–water partition coefficient (Wildman–Crippen LogP) is 2.17. The number of rotatable bonds is 10. The Kier molecular flexibility index (Phi) is 6.29. The van der Waals surface area contributed by atoms with E-state index in [9.17, 15) is 0 Å². The molecule has 0 unspecified atom stereocenters. The molecule has 4 aromatic rings. The monoisotopic (exact) mass is 424 g/mol. The molecular formula is C21H24N6O4. The summed E-state index contributed by atoms with van der Waals surface area (Å²) in [5.74, 6) is 2.26. The van der Waals surface area contributed by atoms with Gasteiger partial charge in [0, 0.05) is 12.7 Å². The third-order valence-electron chi connectivity index (χ3n) is 4.71. The van der Waals surface area contributed by atoms with Crippen LogP contribution in [-0.4, -0.2) is 64.5 Å². The molecule has 162 valence electrons. The van der Waals surface area contributed by atoms with Crippen LogP contribution in [0.3, 0.4) is 0 Å². The predicted molar refractivity (Wildman–Crippen MR) is 116 cm³/mol. The highest BCUT2D eigenvalue weighted by Gasteiger charge is 2.12. The van der Waals surface area contributed by atoms with Gasteiger partial charge in [0.05, 0.1) is 42.8 Å². The number of aromatic nitrogens is 4. The number of hydrogen-bond acceptors (Lipinski definition) is 7. The molecule has 0 atom stereocenters. The Labute approximate surface area is 178 Å². The molecule has 0 spiro atoms. The first kappa shape index (κ1) is 20.6. The minimum atomic E-state index is 0.0481. The summed E-state index contributed by atoms with van der Waals surface area (Å²) in [7, 11) is 1.64. The van der Waals surface area contributed by atoms with Crippen LogP contribution in [0, 0.1) is 0 Å². The van der Waals surface area contributed by atoms with Gasteiger partial charge in [0.25, 0.3) is 0 Å². The molecule has 31 heavy (non-hydrogen) atoms. The fraction of sp³-hybridized carbons (Fsp3) is 0.286. The highest BCUT2D eigenvalue weighted by Crippen LogP contribution is 2.24. The number of imidazole rings is 2. The zero-order chi connectivity index (χ0) is 21.6. The number of oxime groups is 1. The number of fused-ring (bicyclic) bond motifs is 2. The molecule has 2 aromatic carbocycles. The number of methoxy groups -OCH3 is 1. The number of amidine groups is 1. The highest BCUT2D eigenvalue weighted by molar-refractivity contribution is 5.99. The lowest BCUT2D eigenvalue weighted by Gasteiger charge is -2.07. The third-order valence-corrected chi connectivity index (χ3v) is 4.71. The summed E-state index contributed by atoms with van der Waals surface area (Å²) in [4.78, 5) is 15.9. The smallest absolute Gasteiger partial charge is 0.170 e. The van der Waals surface area contributed by atoms with Crippen LogP contribution in [0.4, 0.5) is 0 Å². The Morgan fingerprint density at radius 2 is 1.84 bits per heavy atom. The Bertz CT molecular complexity index is 1200. The average molecular weight is 424 g/mol. The van der Waals surface area contributed by atoms with Gasteiger partial charge in [-0.15, -0.1) is 0 Å². The first-order chi connectivity index (χ1) is 15.2. The number of H-pyrrole nitrogens is 2. The van der Waals surface area contributed by atoms with Crippen molar-refractivity contribution in [3.8, 4) is 5.75 Å². The lowest BCUT2D eigenvalue weighted by molar-refractivity contribution is 0.0546. The molecule has 0 saturated heterocycles. The second kappa shape index (κ2) is 9.45. The molecule has 5 N–H and O–H groups in total. The molecule has 2 heterocycles. The van der Waals surface area contributed by atoms with Gasteiger partial charge in [0.15, 0.2) is 5.84 Å². The minimum Gasteiger partial charge on any atom is -0.489 e. The molecule has 10 heteroatoms. The van der Waals surface area contributed by atoms with Gasteiger partial charge in [-0.05, 0) is 30.3 Å². The van der Waals surface area contributed by atoms with Crippen molar-refractivity contribution >= 4 is 27.9 Å². The summed E-state index contributed by atoms with van der Waals surface area (Å²) < 4.78 is 16.2. The van der Waals surface area contributed by atoms with Gasteiger partial charge < -0.3 is 35.1 Å². The lowest BCUT2D eigenvalue weighted by Crippen LogP contribution is -2.12. The molecular weight excluding hydrogens is 400 g/mol. The molecule has 4 rings (SSSR count). The number of nitrogens with two attached hydrogens (primary N) is 1. The Balaban J connectivity index is 1.47. The summed E-state index contributed by atoms with van der Waals surface area (Å²) >= 11 is 0. The number of benzene rings is 2. The Hall–Kier alpha value is -3.63. The maximum absolute atomic E-state index is 8.86. The van der Waals surface area contributed by atoms with Crippen LogP contribution in [0.1, 0.15) is 17.2 Å². The van der Waals surface area contributed by atoms with E-state index < -0.39 is 0 Å². The van der Waals surface area contributed by atoms with Crippen molar-refractivity contribution < 1.29 is 19.4 Å². The quantitative estimate of drug-likeness (QED) is 0.100. The zero-order valence-corrected chi connectivity index (χ0v) is 17.1. The zero-order valence-electron chi connectivity index (χ0n) is 17.1. The number of nitrogens with one attached hydrogen (secondary N) is 2. The summed E-state index contributed by atoms with van der Waals surface area (Å²) in [6.45, 7) is 2.00. The van der Waals surface area contributed by atoms with Crippen LogP contribution in [-0.2, 0) is 15.9 Å². The molecule has 2 aromatic heterocycles. The van der Waals surface area contributed by atoms with Crippen molar-refractivity contribution in [2.24, 2.45) is 10.9 Å². The second-order valence-electron chi connectivity index (χ2n) is 6.87. The Morgan fingerprint density at radius 3 is 2.68 bits per heavy atom. The van der Waals surface area contributed by atoms with Crippen LogP contribution < -0.4 is 10.5 Å². The van der Waals surface area contributed by atoms with Crippen molar-refractivity contribution in [1.29, 1.82) is 0 Å². The van der Waals surface area contributed by atoms with Crippen molar-refractivity contribution in [3.05, 3.63) is 53.6 Å². The average Bonchev–Trinajstić information content (AvgIpc) is 3.38. The lowest BCUT2D eigenvalue weighted by atomic mass is 10.2. The summed E-state index contributed by atoms with van der Waals surface area (Å²) in [5.41, 5.74) is 9.52. The van der Waals surface area contributed by atoms with E-state index in [4.69, 9.17) is 30.1 Å². The number of aromatic amines is 2. The van der Waals surface area contributed by atoms with Gasteiger partial charge in [-0.3, -0.25) is 0 Å². The van der Waals surface area contributed by atoms with E-state index in [2.05, 4.69) is 20.1 Å². The highest BCUT2D eigenvalue weighted by atomic mass is 16.5. The summed E-state index contributed by atoms with van der Waals surface area (Å²) in [5, 5.41) is 11.9. The van der Waals surface area contributed by atoms with Crippen molar-refractivity contribution in [2.45, 2.75) is 6.42 Å². The molecule has 0 aliphatic carbocycles. The maximum Gasteiger partial charge on any atom is 0.170 e. The van der Waals surface area contributed by atoms with E-state index >= 15 is 0 Å². The Morgan fingerprint density at radius 1 is 1.03 bits per heavy atom. The molecule has 0 fully saturated rings. The minimum absolute atomic E-state index is 0.0481. The number of hydrogen-bond donors (Lipinski definition) is 4. The van der Waals surface area contributed by atoms with Crippen LogP contribution in [0.25, 0.3) is 22.1 Å². The van der Waals surface area contributed by atoms with E-state index in [0.717, 1.165) is 33.7 Å². The molecule has 0 radical (unpaired) electrons. The fourth-order valence-corrected chi connectivity index (χ4v) is 3.23. The first-order valence-electron chi connectivity index (χ1n) is 9.81. The summed E-state index contributed by atoms with van der Waals surface area (Å²) in [6.07, 6.45) is 0.488. The third kappa shape index (κ3) is 4.76. The van der Waals surface area contributed by atoms with Crippen molar-refractivity contribution in [1.82, 2.24) is 19.9 Å². The van der Waals surface area contributed by atoms with Gasteiger partial charge in [0.1, 0.15) is 29.5 Å². The largest absolute Gasteiger partial charge is 0.489 e. The van der Waals surface area contributed by atoms with E-state index in [1.54, 1.807) is 19.2 Å². The number of para-hydroxylation sites is 1. The van der Waals surface area contributed by atoms with Gasteiger partial charge in [0.2, 0.25) is 0 Å². The number of nitrogens with zero attached hydrogens (tertiary/aromatic N) is 3. The fourth-order valence-electron chi connectivity index (χ4n) is 3.23. The van der Waals surface area contributed by atoms with Gasteiger partial charge in [-0.25, -0.2) is 9.97 Å². The van der Waals surface area contributed by atoms with E-state index in [-0.39, 0.29) is 5.84 Å². The standard InChI is InChI=1S/C21H24N6O4/c1-29-7-8-30-9-10-31-17-4-2-3-15-20(17)26-19(24-15)12-18-23-14-6-5-13(21(22)27-28)11-16(14)25-18/h2-6,11,28H,7-10,12H2,1H3,(H2,22,27)(H,23,25)(H,24,26). The van der Waals surface area contributed by atoms with Gasteiger partial charge in [-0.2, -0.15) is 0 Å². The van der Waals surface area contributed by atoms with E-state index in [1.165, 1.54) is 0 Å². The van der Waals surface area contributed by atoms with E-state index in [0.29, 0.717) is 44.2 Å². The SMILES string of the molecule is COCCOCCOc1cccc2[nH]c(Cc3nc4ccc(C(N)=NO)cc4[nH]3)nc12. The van der Waals surface area contributed by atoms with Gasteiger partial charge in [-0.1, -0.05) is 11.2 Å². The van der Waals surface area contributed by atoms with Crippen LogP contribution in [0.5, 0.6) is 5.75 Å². The van der Waals surface area contributed by atoms with Crippen molar-refractivity contribution in [2.75, 3.05) is 33.5 Å². The second-order valence-corrected chi connectivity index (χ2v) is 6.87. The molecule has 0 aliphatic heterocycles. The normalized spacial score (nSPS) is 12.1.